The van der Waals surface area contributed by atoms with Crippen LogP contribution in [0.25, 0.3) is 0 Å². The van der Waals surface area contributed by atoms with Gasteiger partial charge in [-0.15, -0.1) is 0 Å². The second-order valence-electron chi connectivity index (χ2n) is 27.3. The van der Waals surface area contributed by atoms with Gasteiger partial charge in [-0.3, -0.25) is 14.2 Å². The van der Waals surface area contributed by atoms with Crippen molar-refractivity contribution in [3.63, 3.8) is 0 Å². The van der Waals surface area contributed by atoms with Gasteiger partial charge in [-0.25, -0.2) is 0 Å². The second kappa shape index (κ2) is 75.1. The normalized spacial score (nSPS) is 13.9. The molecule has 2 atom stereocenters. The molecular formula is C86H148NO8P. The highest BCUT2D eigenvalue weighted by Crippen LogP contribution is 2.38. The van der Waals surface area contributed by atoms with Crippen LogP contribution in [0.5, 0.6) is 0 Å². The fourth-order valence-corrected chi connectivity index (χ4v) is 11.6. The number of phosphoric acid groups is 1. The molecule has 0 aromatic carbocycles. The number of esters is 2. The van der Waals surface area contributed by atoms with Gasteiger partial charge in [0.2, 0.25) is 0 Å². The van der Waals surface area contributed by atoms with E-state index in [-0.39, 0.29) is 32.0 Å². The van der Waals surface area contributed by atoms with Crippen LogP contribution in [0.1, 0.15) is 335 Å². The largest absolute Gasteiger partial charge is 0.756 e. The topological polar surface area (TPSA) is 111 Å². The van der Waals surface area contributed by atoms with Gasteiger partial charge in [0.15, 0.2) is 6.10 Å². The van der Waals surface area contributed by atoms with E-state index in [9.17, 15) is 19.0 Å². The zero-order chi connectivity index (χ0) is 69.7. The van der Waals surface area contributed by atoms with Crippen LogP contribution < -0.4 is 4.89 Å². The first-order valence-corrected chi connectivity index (χ1v) is 41.0. The van der Waals surface area contributed by atoms with Crippen LogP contribution in [0.2, 0.25) is 0 Å². The summed E-state index contributed by atoms with van der Waals surface area (Å²) in [4.78, 5) is 38.2. The molecule has 9 nitrogen and oxygen atoms in total. The Morgan fingerprint density at radius 2 is 0.562 bits per heavy atom. The average molecular weight is 1360 g/mol. The molecule has 0 aromatic heterocycles. The molecule has 0 aliphatic rings. The van der Waals surface area contributed by atoms with Crippen molar-refractivity contribution in [2.75, 3.05) is 47.5 Å². The Morgan fingerprint density at radius 1 is 0.323 bits per heavy atom. The summed E-state index contributed by atoms with van der Waals surface area (Å²) in [6.07, 6.45) is 111. The summed E-state index contributed by atoms with van der Waals surface area (Å²) in [6.45, 7) is 4.02. The van der Waals surface area contributed by atoms with E-state index in [2.05, 4.69) is 160 Å². The molecule has 0 aliphatic heterocycles. The fourth-order valence-electron chi connectivity index (χ4n) is 10.9. The van der Waals surface area contributed by atoms with Crippen LogP contribution >= 0.6 is 7.82 Å². The van der Waals surface area contributed by atoms with E-state index >= 15 is 0 Å². The van der Waals surface area contributed by atoms with Gasteiger partial charge in [-0.05, 0) is 116 Å². The van der Waals surface area contributed by atoms with Gasteiger partial charge in [-0.2, -0.15) is 0 Å². The second-order valence-corrected chi connectivity index (χ2v) is 28.7. The maximum atomic E-state index is 12.9. The van der Waals surface area contributed by atoms with Crippen molar-refractivity contribution in [2.45, 2.75) is 341 Å². The lowest BCUT2D eigenvalue weighted by Gasteiger charge is -2.28. The van der Waals surface area contributed by atoms with E-state index in [4.69, 9.17) is 18.5 Å². The highest BCUT2D eigenvalue weighted by Gasteiger charge is 2.22. The van der Waals surface area contributed by atoms with Crippen LogP contribution in [0.3, 0.4) is 0 Å². The van der Waals surface area contributed by atoms with Gasteiger partial charge >= 0.3 is 11.9 Å². The molecule has 0 spiro atoms. The molecule has 0 heterocycles. The number of ether oxygens (including phenoxy) is 2. The van der Waals surface area contributed by atoms with Crippen molar-refractivity contribution in [3.05, 3.63) is 146 Å². The Labute approximate surface area is 593 Å². The predicted octanol–water partition coefficient (Wildman–Crippen LogP) is 25.9. The lowest BCUT2D eigenvalue weighted by Crippen LogP contribution is -2.37. The molecule has 0 saturated carbocycles. The number of carbonyl (C=O) groups excluding carboxylic acids is 2. The Balaban J connectivity index is 3.98. The number of carbonyl (C=O) groups is 2. The van der Waals surface area contributed by atoms with Gasteiger partial charge in [0.1, 0.15) is 19.8 Å². The molecule has 0 saturated heterocycles. The van der Waals surface area contributed by atoms with Crippen molar-refractivity contribution in [3.8, 4) is 0 Å². The molecule has 550 valence electrons. The number of allylic oxidation sites excluding steroid dienone is 24. The van der Waals surface area contributed by atoms with Crippen LogP contribution in [0.4, 0.5) is 0 Å². The van der Waals surface area contributed by atoms with E-state index in [0.29, 0.717) is 17.4 Å². The molecule has 0 bridgehead atoms. The first-order valence-electron chi connectivity index (χ1n) is 39.5. The Bertz CT molecular complexity index is 2140. The monoisotopic (exact) mass is 1350 g/mol. The van der Waals surface area contributed by atoms with Gasteiger partial charge in [0, 0.05) is 12.8 Å². The van der Waals surface area contributed by atoms with Crippen molar-refractivity contribution in [1.82, 2.24) is 0 Å². The summed E-state index contributed by atoms with van der Waals surface area (Å²) >= 11 is 0. The minimum Gasteiger partial charge on any atom is -0.756 e. The third-order valence-corrected chi connectivity index (χ3v) is 17.8. The summed E-state index contributed by atoms with van der Waals surface area (Å²) in [5.74, 6) is -0.846. The lowest BCUT2D eigenvalue weighted by atomic mass is 10.0. The van der Waals surface area contributed by atoms with E-state index in [1.54, 1.807) is 0 Å². The van der Waals surface area contributed by atoms with E-state index in [0.717, 1.165) is 135 Å². The zero-order valence-corrected chi connectivity index (χ0v) is 63.7. The number of quaternary nitrogens is 1. The number of phosphoric ester groups is 1. The molecule has 0 radical (unpaired) electrons. The van der Waals surface area contributed by atoms with Gasteiger partial charge in [0.25, 0.3) is 7.82 Å². The maximum absolute atomic E-state index is 12.9. The third-order valence-electron chi connectivity index (χ3n) is 16.9. The number of unbranched alkanes of at least 4 members (excludes halogenated alkanes) is 34. The standard InChI is InChI=1S/C86H148NO8P/c1-6-8-10-12-14-16-18-20-22-24-26-28-30-32-34-36-38-39-40-41-42-43-44-45-46-47-49-50-52-54-56-58-60-62-64-66-68-70-72-74-76-78-85(88)92-82-84(83-94-96(90,91)93-81-80-87(3,4)5)95-86(89)79-77-75-73-71-69-67-65-63-61-59-57-55-53-51-48-37-35-33-31-29-27-25-23-21-19-17-15-13-11-9-7-2/h8-11,14-17,20-23,26-29,33,35,48,51,55,57,61,63,84H,6-7,12-13,18-19,24-25,30-32,34,36-47,49-50,52-54,56,58-60,62,64-83H2,1-5H3/b10-8-,11-9-,16-14-,17-15-,22-20-,23-21-,28-26-,29-27-,35-33-,51-48-,57-55-,63-61-. The minimum atomic E-state index is -4.66. The molecule has 0 amide bonds. The SMILES string of the molecule is CC/C=C\C/C=C\C/C=C\C/C=C\C/C=C\C/C=C\C/C=C\C/C=C\CCCCCCCCC(=O)OC(COC(=O)CCCCCCCCCCCCCCCCCCCCCCCCCCCCCC/C=C\C/C=C\C/C=C\C/C=C\CC)COP(=O)([O-])OCC[N+](C)(C)C. The maximum Gasteiger partial charge on any atom is 0.306 e. The van der Waals surface area contributed by atoms with Crippen LogP contribution in [-0.4, -0.2) is 70.0 Å². The number of rotatable bonds is 72. The first kappa shape index (κ1) is 91.9. The molecule has 96 heavy (non-hydrogen) atoms. The number of hydrogen-bond donors (Lipinski definition) is 0. The van der Waals surface area contributed by atoms with Crippen LogP contribution in [0.15, 0.2) is 146 Å². The van der Waals surface area contributed by atoms with Crippen LogP contribution in [-0.2, 0) is 32.7 Å². The first-order chi connectivity index (χ1) is 47.0. The Morgan fingerprint density at radius 3 is 0.833 bits per heavy atom. The van der Waals surface area contributed by atoms with E-state index in [1.165, 1.54) is 167 Å². The summed E-state index contributed by atoms with van der Waals surface area (Å²) in [5.41, 5.74) is 0. The highest BCUT2D eigenvalue weighted by molar-refractivity contribution is 7.45. The highest BCUT2D eigenvalue weighted by atomic mass is 31.2. The summed E-state index contributed by atoms with van der Waals surface area (Å²) in [6, 6.07) is 0. The molecule has 0 N–H and O–H groups in total. The van der Waals surface area contributed by atoms with E-state index in [1.807, 2.05) is 21.1 Å². The molecule has 2 unspecified atom stereocenters. The van der Waals surface area contributed by atoms with Gasteiger partial charge in [-0.1, -0.05) is 352 Å². The molecule has 0 aromatic rings. The predicted molar refractivity (Wildman–Crippen MR) is 415 cm³/mol. The van der Waals surface area contributed by atoms with Crippen molar-refractivity contribution in [2.24, 2.45) is 0 Å². The molecule has 0 rings (SSSR count). The third kappa shape index (κ3) is 78.9. The minimum absolute atomic E-state index is 0.0390. The average Bonchev–Trinajstić information content (AvgIpc) is 1.97. The zero-order valence-electron chi connectivity index (χ0n) is 62.8. The Kier molecular flexibility index (Phi) is 71.9. The summed E-state index contributed by atoms with van der Waals surface area (Å²) < 4.78 is 34.4. The van der Waals surface area contributed by atoms with Gasteiger partial charge in [0.05, 0.1) is 27.7 Å². The smallest absolute Gasteiger partial charge is 0.306 e. The summed E-state index contributed by atoms with van der Waals surface area (Å²) in [7, 11) is 1.15. The van der Waals surface area contributed by atoms with Crippen molar-refractivity contribution in [1.29, 1.82) is 0 Å². The molecular weight excluding hydrogens is 1210 g/mol. The molecule has 0 fully saturated rings. The van der Waals surface area contributed by atoms with Crippen molar-refractivity contribution < 1.29 is 42.1 Å². The molecule has 10 heteroatoms. The quantitative estimate of drug-likeness (QED) is 0.0195. The van der Waals surface area contributed by atoms with Crippen LogP contribution in [0, 0.1) is 0 Å². The van der Waals surface area contributed by atoms with E-state index < -0.39 is 26.5 Å². The van der Waals surface area contributed by atoms with Crippen molar-refractivity contribution >= 4 is 19.8 Å². The van der Waals surface area contributed by atoms with Gasteiger partial charge < -0.3 is 27.9 Å². The number of hydrogen-bond acceptors (Lipinski definition) is 8. The lowest BCUT2D eigenvalue weighted by molar-refractivity contribution is -0.870. The molecule has 0 aliphatic carbocycles. The number of nitrogens with zero attached hydrogens (tertiary/aromatic N) is 1. The Hall–Kier alpha value is -4.11. The number of likely N-dealkylation sites (N-methyl/N-ethyl adjacent to an activating group) is 1. The fraction of sp³-hybridized carbons (Fsp3) is 0.698. The summed E-state index contributed by atoms with van der Waals surface area (Å²) in [5, 5.41) is 0.